The van der Waals surface area contributed by atoms with E-state index in [4.69, 9.17) is 4.74 Å². The van der Waals surface area contributed by atoms with Crippen molar-refractivity contribution in [3.05, 3.63) is 65.2 Å². The molecule has 2 aromatic carbocycles. The Balaban J connectivity index is 1.48. The van der Waals surface area contributed by atoms with Crippen molar-refractivity contribution in [1.29, 1.82) is 0 Å². The molecule has 0 spiro atoms. The zero-order valence-electron chi connectivity index (χ0n) is 14.6. The number of hydrogen-bond acceptors (Lipinski definition) is 4. The van der Waals surface area contributed by atoms with Crippen LogP contribution in [-0.2, 0) is 11.3 Å². The Morgan fingerprint density at radius 2 is 2.04 bits per heavy atom. The Bertz CT molecular complexity index is 896. The Hall–Kier alpha value is -3.35. The minimum atomic E-state index is -0.409. The molecule has 2 heterocycles. The first-order valence-electron chi connectivity index (χ1n) is 8.81. The molecule has 7 nitrogen and oxygen atoms in total. The molecule has 4 rings (SSSR count). The average Bonchev–Trinajstić information content (AvgIpc) is 3.00. The normalized spacial score (nSPS) is 18.5. The Morgan fingerprint density at radius 3 is 2.85 bits per heavy atom. The van der Waals surface area contributed by atoms with Gasteiger partial charge >= 0.3 is 6.03 Å². The van der Waals surface area contributed by atoms with E-state index in [1.807, 2.05) is 24.3 Å². The molecule has 2 aromatic rings. The van der Waals surface area contributed by atoms with Gasteiger partial charge in [-0.2, -0.15) is 0 Å². The highest BCUT2D eigenvalue weighted by Crippen LogP contribution is 2.31. The van der Waals surface area contributed by atoms with Crippen LogP contribution in [0.1, 0.15) is 33.9 Å². The number of rotatable bonds is 4. The van der Waals surface area contributed by atoms with Gasteiger partial charge in [0, 0.05) is 17.5 Å². The molecule has 2 N–H and O–H groups in total. The fourth-order valence-electron chi connectivity index (χ4n) is 3.34. The number of hydrogen-bond donors (Lipinski definition) is 2. The van der Waals surface area contributed by atoms with Gasteiger partial charge in [-0.15, -0.1) is 0 Å². The largest absolute Gasteiger partial charge is 0.493 e. The monoisotopic (exact) mass is 365 g/mol. The summed E-state index contributed by atoms with van der Waals surface area (Å²) in [6.45, 7) is 0.711. The number of nitrogens with one attached hydrogen (secondary N) is 2. The zero-order valence-corrected chi connectivity index (χ0v) is 14.6. The Kier molecular flexibility index (Phi) is 4.50. The van der Waals surface area contributed by atoms with Gasteiger partial charge in [0.05, 0.1) is 25.7 Å². The lowest BCUT2D eigenvalue weighted by Gasteiger charge is -2.26. The molecule has 138 valence electrons. The van der Waals surface area contributed by atoms with E-state index in [-0.39, 0.29) is 30.9 Å². The van der Waals surface area contributed by atoms with Crippen LogP contribution in [0.2, 0.25) is 0 Å². The summed E-state index contributed by atoms with van der Waals surface area (Å²) < 4.78 is 5.63. The second-order valence-electron chi connectivity index (χ2n) is 6.54. The van der Waals surface area contributed by atoms with Crippen molar-refractivity contribution >= 4 is 17.8 Å². The molecule has 2 aliphatic heterocycles. The summed E-state index contributed by atoms with van der Waals surface area (Å²) in [6.07, 6.45) is 0.699. The highest BCUT2D eigenvalue weighted by Gasteiger charge is 2.28. The third kappa shape index (κ3) is 3.48. The second-order valence-corrected chi connectivity index (χ2v) is 6.54. The molecule has 0 radical (unpaired) electrons. The maximum atomic E-state index is 12.7. The molecule has 1 saturated heterocycles. The van der Waals surface area contributed by atoms with Crippen molar-refractivity contribution in [2.75, 3.05) is 13.2 Å². The number of amides is 4. The molecular weight excluding hydrogens is 346 g/mol. The highest BCUT2D eigenvalue weighted by atomic mass is 16.5. The maximum absolute atomic E-state index is 12.7. The topological polar surface area (TPSA) is 87.7 Å². The number of fused-ring (bicyclic) bond motifs is 1. The first-order valence-corrected chi connectivity index (χ1v) is 8.81. The van der Waals surface area contributed by atoms with E-state index in [0.29, 0.717) is 18.6 Å². The highest BCUT2D eigenvalue weighted by molar-refractivity contribution is 6.02. The second kappa shape index (κ2) is 7.11. The standard InChI is InChI=1S/C20H19N3O4/c24-18-11-21-20(26)23(18)12-13-4-3-5-14(10-13)19(25)22-16-8-9-27-17-7-2-1-6-15(16)17/h1-7,10,16H,8-9,11-12H2,(H,21,26)(H,22,25)/t16-/m0/s1. The number of nitrogens with zero attached hydrogens (tertiary/aromatic N) is 1. The summed E-state index contributed by atoms with van der Waals surface area (Å²) in [5.74, 6) is 0.325. The van der Waals surface area contributed by atoms with Crippen molar-refractivity contribution in [2.45, 2.75) is 19.0 Å². The summed E-state index contributed by atoms with van der Waals surface area (Å²) in [5, 5.41) is 5.54. The number of benzene rings is 2. The lowest BCUT2D eigenvalue weighted by atomic mass is 10.00. The summed E-state index contributed by atoms with van der Waals surface area (Å²) in [6, 6.07) is 14.1. The van der Waals surface area contributed by atoms with Gasteiger partial charge in [-0.3, -0.25) is 14.5 Å². The molecular formula is C20H19N3O4. The number of carbonyl (C=O) groups excluding carboxylic acids is 3. The van der Waals surface area contributed by atoms with Crippen LogP contribution in [0.4, 0.5) is 4.79 Å². The summed E-state index contributed by atoms with van der Waals surface area (Å²) >= 11 is 0. The molecule has 1 atom stereocenters. The van der Waals surface area contributed by atoms with Crippen LogP contribution < -0.4 is 15.4 Å². The minimum Gasteiger partial charge on any atom is -0.493 e. The molecule has 27 heavy (non-hydrogen) atoms. The number of urea groups is 1. The SMILES string of the molecule is O=C(N[C@H]1CCOc2ccccc21)c1cccc(CN2C(=O)CNC2=O)c1. The third-order valence-corrected chi connectivity index (χ3v) is 4.73. The van der Waals surface area contributed by atoms with Crippen LogP contribution in [0.25, 0.3) is 0 Å². The number of para-hydroxylation sites is 1. The molecule has 0 bridgehead atoms. The van der Waals surface area contributed by atoms with E-state index in [0.717, 1.165) is 21.8 Å². The fourth-order valence-corrected chi connectivity index (χ4v) is 3.34. The first-order chi connectivity index (χ1) is 13.1. The summed E-state index contributed by atoms with van der Waals surface area (Å²) in [5.41, 5.74) is 2.18. The lowest BCUT2D eigenvalue weighted by Crippen LogP contribution is -2.32. The molecule has 1 fully saturated rings. The fraction of sp³-hybridized carbons (Fsp3) is 0.250. The molecule has 0 aliphatic carbocycles. The quantitative estimate of drug-likeness (QED) is 0.811. The number of carbonyl (C=O) groups is 3. The van der Waals surface area contributed by atoms with E-state index in [9.17, 15) is 14.4 Å². The van der Waals surface area contributed by atoms with Crippen LogP contribution in [0.3, 0.4) is 0 Å². The van der Waals surface area contributed by atoms with Gasteiger partial charge in [-0.1, -0.05) is 30.3 Å². The van der Waals surface area contributed by atoms with E-state index in [1.165, 1.54) is 0 Å². The smallest absolute Gasteiger partial charge is 0.324 e. The predicted molar refractivity (Wildman–Crippen MR) is 97.2 cm³/mol. The van der Waals surface area contributed by atoms with Crippen LogP contribution in [-0.4, -0.2) is 35.9 Å². The molecule has 4 amide bonds. The van der Waals surface area contributed by atoms with Crippen molar-refractivity contribution in [2.24, 2.45) is 0 Å². The van der Waals surface area contributed by atoms with Crippen LogP contribution >= 0.6 is 0 Å². The van der Waals surface area contributed by atoms with Crippen molar-refractivity contribution in [3.8, 4) is 5.75 Å². The van der Waals surface area contributed by atoms with Gasteiger partial charge in [-0.25, -0.2) is 4.79 Å². The van der Waals surface area contributed by atoms with Crippen LogP contribution in [0.5, 0.6) is 5.75 Å². The van der Waals surface area contributed by atoms with Crippen molar-refractivity contribution in [1.82, 2.24) is 15.5 Å². The van der Waals surface area contributed by atoms with Gasteiger partial charge < -0.3 is 15.4 Å². The maximum Gasteiger partial charge on any atom is 0.324 e. The average molecular weight is 365 g/mol. The Morgan fingerprint density at radius 1 is 1.19 bits per heavy atom. The summed E-state index contributed by atoms with van der Waals surface area (Å²) in [4.78, 5) is 37.3. The number of imide groups is 1. The van der Waals surface area contributed by atoms with Gasteiger partial charge in [0.15, 0.2) is 0 Å². The van der Waals surface area contributed by atoms with Crippen LogP contribution in [0.15, 0.2) is 48.5 Å². The lowest BCUT2D eigenvalue weighted by molar-refractivity contribution is -0.125. The number of ether oxygens (including phenoxy) is 1. The van der Waals surface area contributed by atoms with Crippen molar-refractivity contribution in [3.63, 3.8) is 0 Å². The van der Waals surface area contributed by atoms with Gasteiger partial charge in [-0.05, 0) is 23.8 Å². The molecule has 0 aromatic heterocycles. The van der Waals surface area contributed by atoms with E-state index in [2.05, 4.69) is 10.6 Å². The molecule has 2 aliphatic rings. The summed E-state index contributed by atoms with van der Waals surface area (Å²) in [7, 11) is 0. The molecule has 0 saturated carbocycles. The molecule has 7 heteroatoms. The third-order valence-electron chi connectivity index (χ3n) is 4.73. The predicted octanol–water partition coefficient (Wildman–Crippen LogP) is 1.99. The first kappa shape index (κ1) is 17.1. The van der Waals surface area contributed by atoms with E-state index < -0.39 is 6.03 Å². The Labute approximate surface area is 156 Å². The van der Waals surface area contributed by atoms with E-state index in [1.54, 1.807) is 24.3 Å². The zero-order chi connectivity index (χ0) is 18.8. The van der Waals surface area contributed by atoms with Gasteiger partial charge in [0.1, 0.15) is 5.75 Å². The van der Waals surface area contributed by atoms with Gasteiger partial charge in [0.2, 0.25) is 5.91 Å². The van der Waals surface area contributed by atoms with E-state index >= 15 is 0 Å². The van der Waals surface area contributed by atoms with Crippen LogP contribution in [0, 0.1) is 0 Å². The van der Waals surface area contributed by atoms with Gasteiger partial charge in [0.25, 0.3) is 5.91 Å². The minimum absolute atomic E-state index is 0.0160. The molecule has 0 unspecified atom stereocenters. The van der Waals surface area contributed by atoms with Crippen molar-refractivity contribution < 1.29 is 19.1 Å².